The van der Waals surface area contributed by atoms with Gasteiger partial charge in [-0.2, -0.15) is 0 Å². The molecule has 0 unspecified atom stereocenters. The number of piperazine rings is 1. The van der Waals surface area contributed by atoms with E-state index < -0.39 is 16.0 Å². The Labute approximate surface area is 904 Å². The van der Waals surface area contributed by atoms with E-state index >= 15 is 0 Å². The molecule has 0 atom stereocenters. The Balaban J connectivity index is 0.000000146. The molecule has 13 heterocycles. The summed E-state index contributed by atoms with van der Waals surface area (Å²) in [5.41, 5.74) is 21.2. The Morgan fingerprint density at radius 2 is 0.845 bits per heavy atom. The summed E-state index contributed by atoms with van der Waals surface area (Å²) in [4.78, 5) is 31.9. The number of sulfonamides is 1. The third kappa shape index (κ3) is 37.8. The number of carboxylic acids is 1. The lowest BCUT2D eigenvalue weighted by Gasteiger charge is -2.36. The number of unbranched alkanes of at least 4 members (excludes halogenated alkanes) is 7. The second-order valence-corrected chi connectivity index (χ2v) is 53.4. The summed E-state index contributed by atoms with van der Waals surface area (Å²) in [6.07, 6.45) is 45.6. The number of nitrogens with one attached hydrogen (secondary N) is 1. The quantitative estimate of drug-likeness (QED) is 0.0175. The van der Waals surface area contributed by atoms with E-state index in [0.29, 0.717) is 61.0 Å². The maximum absolute atomic E-state index is 11.3. The number of likely N-dealkylation sites (N-methyl/N-ethyl adjacent to an activating group) is 1. The Morgan fingerprint density at radius 3 is 1.28 bits per heavy atom. The number of hydrogen-bond donors (Lipinski definition) is 4. The SMILES string of the molecule is CCCCCN1CCC(N2CCCC2)CC1.CCCCCNCc1ccc(N)cc1.CCCCC[N-]Cc1ccc(N)cc1.CC[N-]S(=O)(=O)CCCCN1CCN(C)CC1.CCn1cc([S+]2CCCC2)c2ccccc21.COc1ccc([S+]2CCCC2)c2ccccc12.Cn1cc([S+]2CCCC2)c2ccccc21.Cn1cc([S+]2CCCC2)c2ccccc21.Cn1cc([S+]2CCCC2)c2ccccc21.O=C(O)c1cccnc1. The minimum atomic E-state index is -3.15. The van der Waals surface area contributed by atoms with Crippen molar-refractivity contribution in [2.24, 2.45) is 21.1 Å². The Morgan fingerprint density at radius 1 is 0.432 bits per heavy atom. The van der Waals surface area contributed by atoms with Gasteiger partial charge in [0.15, 0.2) is 24.5 Å². The number of piperidine rings is 1. The Hall–Kier alpha value is -8.38. The van der Waals surface area contributed by atoms with Crippen molar-refractivity contribution in [3.05, 3.63) is 258 Å². The lowest BCUT2D eigenvalue weighted by Crippen LogP contribution is -2.44. The number of fused-ring (bicyclic) bond motifs is 5. The smallest absolute Gasteiger partial charge is 0.337 e. The normalized spacial score (nSPS) is 16.6. The number of likely N-dealkylation sites (tertiary alicyclic amines) is 2. The molecule has 804 valence electrons. The van der Waals surface area contributed by atoms with Gasteiger partial charge >= 0.3 is 5.97 Å². The highest BCUT2D eigenvalue weighted by Crippen LogP contribution is 2.38. The van der Waals surface area contributed by atoms with Crippen LogP contribution in [0.3, 0.4) is 0 Å². The van der Waals surface area contributed by atoms with Crippen molar-refractivity contribution in [2.75, 3.05) is 174 Å². The number of nitrogens with zero attached hydrogens (tertiary/aromatic N) is 11. The first kappa shape index (κ1) is 118. The number of methoxy groups -OCH3 is 1. The first-order valence-electron chi connectivity index (χ1n) is 55.9. The third-order valence-corrected chi connectivity index (χ3v) is 43.2. The lowest BCUT2D eigenvalue weighted by molar-refractivity contribution is 0.0696. The van der Waals surface area contributed by atoms with Crippen LogP contribution in [-0.4, -0.2) is 231 Å². The number of aromatic nitrogens is 5. The second-order valence-electron chi connectivity index (χ2n) is 40.3. The minimum Gasteiger partial charge on any atom is -0.658 e. The number of aryl methyl sites for hydroxylation is 4. The van der Waals surface area contributed by atoms with Crippen LogP contribution in [0, 0.1) is 0 Å². The van der Waals surface area contributed by atoms with Crippen LogP contribution in [0.25, 0.3) is 64.4 Å². The van der Waals surface area contributed by atoms with Gasteiger partial charge in [0, 0.05) is 161 Å². The summed E-state index contributed by atoms with van der Waals surface area (Å²) in [6.45, 7) is 28.3. The van der Waals surface area contributed by atoms with Crippen molar-refractivity contribution in [1.29, 1.82) is 0 Å². The zero-order valence-corrected chi connectivity index (χ0v) is 96.3. The maximum atomic E-state index is 11.3. The number of rotatable bonds is 32. The molecule has 19 nitrogen and oxygen atoms in total. The summed E-state index contributed by atoms with van der Waals surface area (Å²) in [5.74, 6) is 14.3. The molecule has 5 aromatic heterocycles. The van der Waals surface area contributed by atoms with Gasteiger partial charge in [-0.3, -0.25) is 4.98 Å². The number of aromatic carboxylic acids is 1. The predicted molar refractivity (Wildman–Crippen MR) is 646 cm³/mol. The molecule has 0 radical (unpaired) electrons. The third-order valence-electron chi connectivity index (χ3n) is 29.2. The molecule has 8 aromatic carbocycles. The van der Waals surface area contributed by atoms with Crippen LogP contribution in [0.1, 0.15) is 217 Å². The molecule has 8 fully saturated rings. The number of ether oxygens (including phenoxy) is 1. The minimum absolute atomic E-state index is 0.203. The van der Waals surface area contributed by atoms with E-state index in [4.69, 9.17) is 21.3 Å². The monoisotopic (exact) mass is 2120 g/mol. The first-order chi connectivity index (χ1) is 72.3. The molecule has 0 saturated carbocycles. The summed E-state index contributed by atoms with van der Waals surface area (Å²) < 4.78 is 40.9. The lowest BCUT2D eigenvalue weighted by atomic mass is 10.0. The number of para-hydroxylation sites is 4. The van der Waals surface area contributed by atoms with Crippen LogP contribution >= 0.6 is 0 Å². The van der Waals surface area contributed by atoms with E-state index in [-0.39, 0.29) is 11.3 Å². The zero-order valence-electron chi connectivity index (χ0n) is 91.4. The van der Waals surface area contributed by atoms with E-state index in [2.05, 4.69) is 284 Å². The van der Waals surface area contributed by atoms with Crippen LogP contribution in [0.5, 0.6) is 5.75 Å². The topological polar surface area (TPSA) is 219 Å². The van der Waals surface area contributed by atoms with Crippen LogP contribution < -0.4 is 21.5 Å². The van der Waals surface area contributed by atoms with Crippen molar-refractivity contribution in [3.63, 3.8) is 0 Å². The van der Waals surface area contributed by atoms with Crippen LogP contribution in [-0.2, 0) is 105 Å². The summed E-state index contributed by atoms with van der Waals surface area (Å²) in [5, 5.41) is 24.8. The molecular weight excluding hydrogens is 1950 g/mol. The van der Waals surface area contributed by atoms with Crippen molar-refractivity contribution in [3.8, 4) is 5.75 Å². The number of anilines is 2. The van der Waals surface area contributed by atoms with E-state index in [1.54, 1.807) is 44.6 Å². The second kappa shape index (κ2) is 65.2. The van der Waals surface area contributed by atoms with Crippen molar-refractivity contribution < 1.29 is 23.1 Å². The van der Waals surface area contributed by atoms with Gasteiger partial charge in [-0.1, -0.05) is 169 Å². The van der Waals surface area contributed by atoms with Crippen LogP contribution in [0.4, 0.5) is 11.4 Å². The van der Waals surface area contributed by atoms with Gasteiger partial charge in [0.1, 0.15) is 63.3 Å². The average molecular weight is 2130 g/mol. The van der Waals surface area contributed by atoms with Crippen LogP contribution in [0.2, 0.25) is 0 Å². The number of carboxylic acid groups (broad SMARTS) is 1. The average Bonchev–Trinajstić information content (AvgIpc) is 1.67. The van der Waals surface area contributed by atoms with E-state index in [1.807, 2.05) is 36.4 Å². The Bertz CT molecular complexity index is 5770. The molecule has 6 N–H and O–H groups in total. The van der Waals surface area contributed by atoms with Crippen LogP contribution in [0.15, 0.2) is 256 Å². The fourth-order valence-corrected chi connectivity index (χ4v) is 34.4. The van der Waals surface area contributed by atoms with Gasteiger partial charge in [0.25, 0.3) is 0 Å². The first-order valence-corrected chi connectivity index (χ1v) is 65.3. The number of nitrogen functional groups attached to an aromatic ring is 2. The fourth-order valence-electron chi connectivity index (χ4n) is 20.7. The highest BCUT2D eigenvalue weighted by Gasteiger charge is 2.36. The predicted octanol–water partition coefficient (Wildman–Crippen LogP) is 26.0. The highest BCUT2D eigenvalue weighted by molar-refractivity contribution is 7.98. The zero-order chi connectivity index (χ0) is 104. The molecule has 0 spiro atoms. The largest absolute Gasteiger partial charge is 0.658 e. The maximum Gasteiger partial charge on any atom is 0.337 e. The Kier molecular flexibility index (Phi) is 52.1. The summed E-state index contributed by atoms with van der Waals surface area (Å²) >= 11 is 0. The van der Waals surface area contributed by atoms with Gasteiger partial charge in [-0.05, 0) is 284 Å². The molecular formula is C123H179N14O5S6+3. The molecule has 148 heavy (non-hydrogen) atoms. The van der Waals surface area contributed by atoms with Gasteiger partial charge < -0.3 is 74.5 Å². The summed E-state index contributed by atoms with van der Waals surface area (Å²) in [7, 11) is 9.82. The molecule has 0 aliphatic carbocycles. The van der Waals surface area contributed by atoms with E-state index in [9.17, 15) is 13.2 Å². The van der Waals surface area contributed by atoms with Crippen molar-refractivity contribution in [2.45, 2.75) is 245 Å². The molecule has 8 aliphatic rings. The van der Waals surface area contributed by atoms with Gasteiger partial charge in [-0.25, -0.2) is 13.2 Å². The standard InChI is InChI=1S/C15H17OS.C14H28N2.C14H18NS.3C13H16NS.C12H20N2.C12H19N2.C11H24N3O2S.C6H5NO2/c1-16-14-8-9-15(17-10-4-5-11-17)13-7-3-2-6-12(13)14;1-2-3-4-9-15-12-7-14(8-13-15)16-10-5-6-11-16;1-2-15-11-14(16-9-5-6-10-16)12-7-3-4-8-13(12)15;3*1-14-10-13(15-8-4-5-9-15)11-6-2-3-7-12(11)14;2*1-2-3-4-9-14-10-11-5-7-12(13)8-6-11;1-3-12-17(15,16)11-5-4-6-14-9-7-13(2)8-10-14;8-6(9)5-2-1-3-7-4-5/h2-3,6-9H,4-5,10-11H2,1H3;14H,2-13H2,1H3;3-4,7-8,11H,2,5-6,9-10H2,1H3;3*2-3,6-7,10H,4-5,8-9H2,1H3;5-8,14H,2-4,9-10,13H2,1H3;5-8H,2-4,9-10,13H2,1H3;3-11H2,1-2H3;1-4H,(H,8,9)/q+1;;4*+1;;2*-1;. The molecule has 21 rings (SSSR count). The molecule has 25 heteroatoms. The fraction of sp³-hybridized carbons (Fsp3) is 0.512. The molecule has 8 saturated heterocycles. The number of benzene rings is 8. The van der Waals surface area contributed by atoms with E-state index in [1.165, 1.54) is 322 Å². The van der Waals surface area contributed by atoms with Crippen molar-refractivity contribution >= 4 is 136 Å². The molecule has 0 bridgehead atoms. The number of nitrogens with two attached hydrogens (primary N) is 2. The van der Waals surface area contributed by atoms with Gasteiger partial charge in [0.2, 0.25) is 0 Å². The molecule has 0 amide bonds. The molecule has 13 aromatic rings. The number of carbonyl (C=O) groups is 1. The van der Waals surface area contributed by atoms with Crippen molar-refractivity contribution in [1.82, 2.24) is 48.2 Å². The number of hydrogen-bond acceptors (Lipinski definition) is 12. The highest BCUT2D eigenvalue weighted by atomic mass is 32.2. The van der Waals surface area contributed by atoms with Gasteiger partial charge in [-0.15, -0.1) is 19.6 Å². The number of pyridine rings is 1. The van der Waals surface area contributed by atoms with Gasteiger partial charge in [0.05, 0.1) is 91.1 Å². The molecule has 8 aliphatic heterocycles. The van der Waals surface area contributed by atoms with E-state index in [0.717, 1.165) is 101 Å². The summed E-state index contributed by atoms with van der Waals surface area (Å²) in [6, 6.07) is 68.2.